The van der Waals surface area contributed by atoms with Crippen LogP contribution in [0.3, 0.4) is 0 Å². The maximum Gasteiger partial charge on any atom is 0.341 e. The highest BCUT2D eigenvalue weighted by Gasteiger charge is 2.26. The molecule has 0 aliphatic carbocycles. The number of methoxy groups -OCH3 is 2. The summed E-state index contributed by atoms with van der Waals surface area (Å²) in [7, 11) is -0.544. The van der Waals surface area contributed by atoms with Crippen LogP contribution < -0.4 is 14.8 Å². The highest BCUT2D eigenvalue weighted by atomic mass is 32.2. The fourth-order valence-corrected chi connectivity index (χ4v) is 6.45. The Hall–Kier alpha value is -3.71. The number of anilines is 1. The smallest absolute Gasteiger partial charge is 0.341 e. The van der Waals surface area contributed by atoms with Crippen LogP contribution in [0.5, 0.6) is 11.5 Å². The lowest BCUT2D eigenvalue weighted by molar-refractivity contribution is -0.111. The van der Waals surface area contributed by atoms with Crippen molar-refractivity contribution in [3.8, 4) is 22.6 Å². The molecule has 1 saturated heterocycles. The van der Waals surface area contributed by atoms with E-state index in [1.54, 1.807) is 48.7 Å². The molecule has 0 spiro atoms. The molecule has 1 amide bonds. The molecule has 1 fully saturated rings. The molecule has 1 aliphatic heterocycles. The van der Waals surface area contributed by atoms with Crippen LogP contribution in [-0.2, 0) is 24.3 Å². The molecule has 3 aromatic rings. The number of esters is 1. The third-order valence-corrected chi connectivity index (χ3v) is 8.93. The molecule has 0 radical (unpaired) electrons. The number of hydrogen-bond donors (Lipinski definition) is 1. The largest absolute Gasteiger partial charge is 0.493 e. The summed E-state index contributed by atoms with van der Waals surface area (Å²) in [4.78, 5) is 25.8. The van der Waals surface area contributed by atoms with Gasteiger partial charge in [-0.3, -0.25) is 4.79 Å². The first-order chi connectivity index (χ1) is 19.3. The number of nitrogens with zero attached hydrogens (tertiary/aromatic N) is 1. The fourth-order valence-electron chi connectivity index (χ4n) is 4.08. The van der Waals surface area contributed by atoms with Gasteiger partial charge in [-0.25, -0.2) is 13.2 Å². The van der Waals surface area contributed by atoms with Gasteiger partial charge in [0.2, 0.25) is 15.9 Å². The van der Waals surface area contributed by atoms with E-state index in [0.717, 1.165) is 0 Å². The number of morpholine rings is 1. The monoisotopic (exact) mass is 586 g/mol. The Balaban J connectivity index is 1.52. The third-order valence-electron chi connectivity index (χ3n) is 6.12. The van der Waals surface area contributed by atoms with Crippen molar-refractivity contribution in [1.82, 2.24) is 4.31 Å². The highest BCUT2D eigenvalue weighted by molar-refractivity contribution is 7.89. The van der Waals surface area contributed by atoms with Gasteiger partial charge in [-0.05, 0) is 48.4 Å². The normalized spacial score (nSPS) is 14.2. The van der Waals surface area contributed by atoms with Crippen molar-refractivity contribution in [2.45, 2.75) is 11.8 Å². The average molecular weight is 587 g/mol. The molecule has 12 heteroatoms. The van der Waals surface area contributed by atoms with Crippen LogP contribution in [-0.4, -0.2) is 71.7 Å². The minimum Gasteiger partial charge on any atom is -0.493 e. The number of thiophene rings is 1. The van der Waals surface area contributed by atoms with Gasteiger partial charge in [-0.1, -0.05) is 18.2 Å². The van der Waals surface area contributed by atoms with E-state index in [4.69, 9.17) is 18.9 Å². The number of carbonyl (C=O) groups excluding carboxylic acids is 2. The molecule has 1 aliphatic rings. The van der Waals surface area contributed by atoms with E-state index < -0.39 is 21.9 Å². The summed E-state index contributed by atoms with van der Waals surface area (Å²) in [6, 6.07) is 11.5. The standard InChI is InChI=1S/C28H30N2O8S2/c1-4-38-28(32)26-22(20-8-11-23(35-2)24(17-20)36-3)18-39-27(26)29-25(31)12-7-19-5-9-21(10-6-19)40(33,34)30-13-15-37-16-14-30/h5-12,17-18H,4,13-16H2,1-3H3,(H,29,31). The minimum atomic E-state index is -3.60. The van der Waals surface area contributed by atoms with Gasteiger partial charge < -0.3 is 24.3 Å². The minimum absolute atomic E-state index is 0.171. The quantitative estimate of drug-likeness (QED) is 0.276. The molecule has 10 nitrogen and oxygen atoms in total. The number of rotatable bonds is 10. The number of hydrogen-bond acceptors (Lipinski definition) is 9. The molecule has 40 heavy (non-hydrogen) atoms. The first-order valence-corrected chi connectivity index (χ1v) is 14.8. The zero-order valence-corrected chi connectivity index (χ0v) is 24.0. The molecular formula is C28H30N2O8S2. The SMILES string of the molecule is CCOC(=O)c1c(-c2ccc(OC)c(OC)c2)csc1NC(=O)C=Cc1ccc(S(=O)(=O)N2CCOCC2)cc1. The van der Waals surface area contributed by atoms with Gasteiger partial charge in [0.05, 0.1) is 38.9 Å². The van der Waals surface area contributed by atoms with E-state index in [-0.39, 0.29) is 17.1 Å². The Morgan fingerprint density at radius 1 is 1.05 bits per heavy atom. The average Bonchev–Trinajstić information content (AvgIpc) is 3.40. The molecule has 1 N–H and O–H groups in total. The number of carbonyl (C=O) groups is 2. The first-order valence-electron chi connectivity index (χ1n) is 12.5. The van der Waals surface area contributed by atoms with E-state index in [0.29, 0.717) is 59.5 Å². The molecular weight excluding hydrogens is 556 g/mol. The molecule has 1 aromatic heterocycles. The molecule has 0 saturated carbocycles. The van der Waals surface area contributed by atoms with Crippen LogP contribution in [0.15, 0.2) is 58.8 Å². The molecule has 0 unspecified atom stereocenters. The van der Waals surface area contributed by atoms with Crippen molar-refractivity contribution < 1.29 is 37.0 Å². The van der Waals surface area contributed by atoms with Crippen molar-refractivity contribution >= 4 is 44.3 Å². The summed E-state index contributed by atoms with van der Waals surface area (Å²) in [5.74, 6) is 0.0176. The van der Waals surface area contributed by atoms with Gasteiger partial charge in [-0.15, -0.1) is 11.3 Å². The van der Waals surface area contributed by atoms with Crippen molar-refractivity contribution in [2.24, 2.45) is 0 Å². The van der Waals surface area contributed by atoms with Gasteiger partial charge in [0.15, 0.2) is 11.5 Å². The van der Waals surface area contributed by atoms with Crippen molar-refractivity contribution in [1.29, 1.82) is 0 Å². The zero-order valence-electron chi connectivity index (χ0n) is 22.3. The lowest BCUT2D eigenvalue weighted by Crippen LogP contribution is -2.40. The predicted octanol–water partition coefficient (Wildman–Crippen LogP) is 4.28. The second-order valence-electron chi connectivity index (χ2n) is 8.55. The number of ether oxygens (including phenoxy) is 4. The fraction of sp³-hybridized carbons (Fsp3) is 0.286. The summed E-state index contributed by atoms with van der Waals surface area (Å²) < 4.78 is 48.2. The maximum absolute atomic E-state index is 12.9. The van der Waals surface area contributed by atoms with Gasteiger partial charge in [-0.2, -0.15) is 4.31 Å². The van der Waals surface area contributed by atoms with Crippen molar-refractivity contribution in [3.63, 3.8) is 0 Å². The number of nitrogens with one attached hydrogen (secondary N) is 1. The molecule has 212 valence electrons. The number of benzene rings is 2. The van der Waals surface area contributed by atoms with E-state index in [9.17, 15) is 18.0 Å². The predicted molar refractivity (Wildman–Crippen MR) is 152 cm³/mol. The van der Waals surface area contributed by atoms with E-state index >= 15 is 0 Å². The van der Waals surface area contributed by atoms with Crippen LogP contribution in [0.4, 0.5) is 5.00 Å². The molecule has 2 heterocycles. The lowest BCUT2D eigenvalue weighted by atomic mass is 10.0. The lowest BCUT2D eigenvalue weighted by Gasteiger charge is -2.26. The van der Waals surface area contributed by atoms with Crippen LogP contribution in [0.25, 0.3) is 17.2 Å². The van der Waals surface area contributed by atoms with Gasteiger partial charge in [0, 0.05) is 30.1 Å². The number of amides is 1. The highest BCUT2D eigenvalue weighted by Crippen LogP contribution is 2.39. The summed E-state index contributed by atoms with van der Waals surface area (Å²) in [6.45, 7) is 3.24. The Morgan fingerprint density at radius 3 is 2.40 bits per heavy atom. The Kier molecular flexibility index (Phi) is 9.58. The van der Waals surface area contributed by atoms with Crippen LogP contribution >= 0.6 is 11.3 Å². The topological polar surface area (TPSA) is 120 Å². The maximum atomic E-state index is 12.9. The number of sulfonamides is 1. The molecule has 4 rings (SSSR count). The van der Waals surface area contributed by atoms with Gasteiger partial charge >= 0.3 is 5.97 Å². The van der Waals surface area contributed by atoms with Gasteiger partial charge in [0.1, 0.15) is 10.6 Å². The Morgan fingerprint density at radius 2 is 1.75 bits per heavy atom. The second kappa shape index (κ2) is 13.1. The summed E-state index contributed by atoms with van der Waals surface area (Å²) >= 11 is 1.20. The van der Waals surface area contributed by atoms with Crippen LogP contribution in [0, 0.1) is 0 Å². The summed E-state index contributed by atoms with van der Waals surface area (Å²) in [5, 5.41) is 4.86. The van der Waals surface area contributed by atoms with Crippen molar-refractivity contribution in [2.75, 3.05) is 52.4 Å². The van der Waals surface area contributed by atoms with Crippen LogP contribution in [0.1, 0.15) is 22.8 Å². The Bertz CT molecular complexity index is 1490. The van der Waals surface area contributed by atoms with E-state index in [2.05, 4.69) is 5.32 Å². The summed E-state index contributed by atoms with van der Waals surface area (Å²) in [6.07, 6.45) is 2.88. The Labute approximate surface area is 237 Å². The first kappa shape index (κ1) is 29.3. The third kappa shape index (κ3) is 6.53. The van der Waals surface area contributed by atoms with E-state index in [1.165, 1.54) is 48.1 Å². The summed E-state index contributed by atoms with van der Waals surface area (Å²) in [5.41, 5.74) is 2.15. The molecule has 2 aromatic carbocycles. The zero-order chi connectivity index (χ0) is 28.7. The molecule has 0 bridgehead atoms. The van der Waals surface area contributed by atoms with Crippen molar-refractivity contribution in [3.05, 3.63) is 65.0 Å². The van der Waals surface area contributed by atoms with Gasteiger partial charge in [0.25, 0.3) is 0 Å². The van der Waals surface area contributed by atoms with Crippen LogP contribution in [0.2, 0.25) is 0 Å². The second-order valence-corrected chi connectivity index (χ2v) is 11.4. The van der Waals surface area contributed by atoms with E-state index in [1.807, 2.05) is 0 Å². The molecule has 0 atom stereocenters.